The first-order valence-electron chi connectivity index (χ1n) is 7.59. The number of ether oxygens (including phenoxy) is 1. The Labute approximate surface area is 153 Å². The molecule has 1 amide bonds. The molecule has 1 aromatic rings. The van der Waals surface area contributed by atoms with E-state index in [1.807, 2.05) is 4.90 Å². The molecule has 1 aliphatic rings. The first-order valence-corrected chi connectivity index (χ1v) is 8.35. The summed E-state index contributed by atoms with van der Waals surface area (Å²) in [6.07, 6.45) is 2.03. The number of halogens is 3. The van der Waals surface area contributed by atoms with Crippen LogP contribution in [0.5, 0.6) is 5.75 Å². The van der Waals surface area contributed by atoms with Crippen LogP contribution in [0.2, 0.25) is 10.0 Å². The van der Waals surface area contributed by atoms with E-state index in [2.05, 4.69) is 12.2 Å². The lowest BCUT2D eigenvalue weighted by atomic mass is 9.96. The third-order valence-electron chi connectivity index (χ3n) is 4.06. The molecular weight excluding hydrogens is 359 g/mol. The summed E-state index contributed by atoms with van der Waals surface area (Å²) in [6, 6.07) is 3.19. The van der Waals surface area contributed by atoms with Gasteiger partial charge in [-0.25, -0.2) is 0 Å². The SMILES string of the molecule is CCNCC1CCN(C(=O)c2cc(Cl)c(Cl)cc2OC)CC1.Cl. The van der Waals surface area contributed by atoms with E-state index in [1.165, 1.54) is 7.11 Å². The Kier molecular flexibility index (Phi) is 8.48. The summed E-state index contributed by atoms with van der Waals surface area (Å²) in [5, 5.41) is 4.13. The van der Waals surface area contributed by atoms with Crippen molar-refractivity contribution < 1.29 is 9.53 Å². The summed E-state index contributed by atoms with van der Waals surface area (Å²) in [4.78, 5) is 14.6. The lowest BCUT2D eigenvalue weighted by Crippen LogP contribution is -2.40. The molecule has 0 bridgehead atoms. The molecule has 1 aliphatic heterocycles. The van der Waals surface area contributed by atoms with Crippen molar-refractivity contribution in [1.29, 1.82) is 0 Å². The fraction of sp³-hybridized carbons (Fsp3) is 0.562. The van der Waals surface area contributed by atoms with Crippen molar-refractivity contribution in [2.75, 3.05) is 33.3 Å². The van der Waals surface area contributed by atoms with Crippen LogP contribution in [0.3, 0.4) is 0 Å². The molecular formula is C16H23Cl3N2O2. The average molecular weight is 382 g/mol. The van der Waals surface area contributed by atoms with E-state index in [9.17, 15) is 4.79 Å². The first-order chi connectivity index (χ1) is 10.6. The molecule has 0 radical (unpaired) electrons. The van der Waals surface area contributed by atoms with Crippen molar-refractivity contribution in [1.82, 2.24) is 10.2 Å². The Morgan fingerprint density at radius 1 is 1.30 bits per heavy atom. The van der Waals surface area contributed by atoms with Crippen molar-refractivity contribution in [3.05, 3.63) is 27.7 Å². The van der Waals surface area contributed by atoms with E-state index in [1.54, 1.807) is 12.1 Å². The van der Waals surface area contributed by atoms with Crippen LogP contribution >= 0.6 is 35.6 Å². The Bertz CT molecular complexity index is 532. The zero-order valence-electron chi connectivity index (χ0n) is 13.4. The maximum Gasteiger partial charge on any atom is 0.257 e. The maximum atomic E-state index is 12.7. The Hall–Kier alpha value is -0.680. The van der Waals surface area contributed by atoms with Gasteiger partial charge in [-0.1, -0.05) is 30.1 Å². The molecule has 7 heteroatoms. The van der Waals surface area contributed by atoms with Crippen LogP contribution in [0, 0.1) is 5.92 Å². The Balaban J connectivity index is 0.00000264. The average Bonchev–Trinajstić information content (AvgIpc) is 2.54. The lowest BCUT2D eigenvalue weighted by Gasteiger charge is -2.32. The topological polar surface area (TPSA) is 41.6 Å². The summed E-state index contributed by atoms with van der Waals surface area (Å²) < 4.78 is 5.27. The fourth-order valence-electron chi connectivity index (χ4n) is 2.72. The molecule has 1 fully saturated rings. The Morgan fingerprint density at radius 2 is 1.91 bits per heavy atom. The minimum atomic E-state index is -0.0442. The predicted octanol–water partition coefficient (Wildman–Crippen LogP) is 3.89. The molecule has 0 atom stereocenters. The molecule has 0 unspecified atom stereocenters. The van der Waals surface area contributed by atoms with E-state index < -0.39 is 0 Å². The quantitative estimate of drug-likeness (QED) is 0.841. The first kappa shape index (κ1) is 20.4. The number of nitrogens with zero attached hydrogens (tertiary/aromatic N) is 1. The molecule has 0 aliphatic carbocycles. The molecule has 1 heterocycles. The lowest BCUT2D eigenvalue weighted by molar-refractivity contribution is 0.0687. The summed E-state index contributed by atoms with van der Waals surface area (Å²) >= 11 is 12.0. The van der Waals surface area contributed by atoms with Gasteiger partial charge in [-0.2, -0.15) is 0 Å². The number of methoxy groups -OCH3 is 1. The largest absolute Gasteiger partial charge is 0.496 e. The molecule has 4 nitrogen and oxygen atoms in total. The van der Waals surface area contributed by atoms with Gasteiger partial charge in [0.2, 0.25) is 0 Å². The van der Waals surface area contributed by atoms with Gasteiger partial charge in [0.05, 0.1) is 22.7 Å². The van der Waals surface area contributed by atoms with Gasteiger partial charge in [0.15, 0.2) is 0 Å². The molecule has 1 saturated heterocycles. The molecule has 0 spiro atoms. The number of benzene rings is 1. The van der Waals surface area contributed by atoms with Gasteiger partial charge in [-0.05, 0) is 37.9 Å². The van der Waals surface area contributed by atoms with Gasteiger partial charge in [0, 0.05) is 19.2 Å². The van der Waals surface area contributed by atoms with Gasteiger partial charge in [0.25, 0.3) is 5.91 Å². The highest BCUT2D eigenvalue weighted by molar-refractivity contribution is 6.42. The normalized spacial score (nSPS) is 15.2. The highest BCUT2D eigenvalue weighted by Gasteiger charge is 2.26. The van der Waals surface area contributed by atoms with Gasteiger partial charge in [-0.3, -0.25) is 4.79 Å². The number of amides is 1. The second kappa shape index (κ2) is 9.58. The standard InChI is InChI=1S/C16H22Cl2N2O2.ClH/c1-3-19-10-11-4-6-20(7-5-11)16(21)12-8-13(17)14(18)9-15(12)22-2;/h8-9,11,19H,3-7,10H2,1-2H3;1H. The minimum absolute atomic E-state index is 0. The smallest absolute Gasteiger partial charge is 0.257 e. The summed E-state index contributed by atoms with van der Waals surface area (Å²) in [7, 11) is 1.53. The van der Waals surface area contributed by atoms with Crippen LogP contribution in [0.15, 0.2) is 12.1 Å². The molecule has 0 aromatic heterocycles. The highest BCUT2D eigenvalue weighted by Crippen LogP contribution is 2.32. The number of carbonyl (C=O) groups excluding carboxylic acids is 1. The molecule has 1 aromatic carbocycles. The van der Waals surface area contributed by atoms with E-state index in [0.29, 0.717) is 27.3 Å². The maximum absolute atomic E-state index is 12.7. The fourth-order valence-corrected chi connectivity index (χ4v) is 3.04. The number of hydrogen-bond acceptors (Lipinski definition) is 3. The second-order valence-electron chi connectivity index (χ2n) is 5.51. The van der Waals surface area contributed by atoms with Gasteiger partial charge < -0.3 is 15.0 Å². The van der Waals surface area contributed by atoms with Crippen molar-refractivity contribution in [2.24, 2.45) is 5.92 Å². The van der Waals surface area contributed by atoms with Gasteiger partial charge >= 0.3 is 0 Å². The van der Waals surface area contributed by atoms with Crippen LogP contribution in [0.25, 0.3) is 0 Å². The third-order valence-corrected chi connectivity index (χ3v) is 4.78. The number of likely N-dealkylation sites (tertiary alicyclic amines) is 1. The number of hydrogen-bond donors (Lipinski definition) is 1. The van der Waals surface area contributed by atoms with Gasteiger partial charge in [0.1, 0.15) is 5.75 Å². The number of nitrogens with one attached hydrogen (secondary N) is 1. The zero-order valence-corrected chi connectivity index (χ0v) is 15.7. The van der Waals surface area contributed by atoms with Crippen molar-refractivity contribution in [2.45, 2.75) is 19.8 Å². The van der Waals surface area contributed by atoms with Crippen LogP contribution in [-0.4, -0.2) is 44.1 Å². The molecule has 1 N–H and O–H groups in total. The monoisotopic (exact) mass is 380 g/mol. The summed E-state index contributed by atoms with van der Waals surface area (Å²) in [5.74, 6) is 1.06. The second-order valence-corrected chi connectivity index (χ2v) is 6.32. The van der Waals surface area contributed by atoms with E-state index in [4.69, 9.17) is 27.9 Å². The molecule has 0 saturated carbocycles. The van der Waals surface area contributed by atoms with Crippen LogP contribution in [0.1, 0.15) is 30.1 Å². The molecule has 2 rings (SSSR count). The van der Waals surface area contributed by atoms with Gasteiger partial charge in [-0.15, -0.1) is 12.4 Å². The summed E-state index contributed by atoms with van der Waals surface area (Å²) in [6.45, 7) is 5.64. The van der Waals surface area contributed by atoms with Crippen molar-refractivity contribution in [3.63, 3.8) is 0 Å². The number of piperidine rings is 1. The van der Waals surface area contributed by atoms with Crippen LogP contribution in [-0.2, 0) is 0 Å². The molecule has 130 valence electrons. The van der Waals surface area contributed by atoms with E-state index >= 15 is 0 Å². The summed E-state index contributed by atoms with van der Waals surface area (Å²) in [5.41, 5.74) is 0.474. The predicted molar refractivity (Wildman–Crippen MR) is 97.4 cm³/mol. The van der Waals surface area contributed by atoms with E-state index in [0.717, 1.165) is 39.0 Å². The van der Waals surface area contributed by atoms with Crippen molar-refractivity contribution in [3.8, 4) is 5.75 Å². The minimum Gasteiger partial charge on any atom is -0.496 e. The number of carbonyl (C=O) groups is 1. The zero-order chi connectivity index (χ0) is 16.1. The van der Waals surface area contributed by atoms with Crippen molar-refractivity contribution >= 4 is 41.5 Å². The van der Waals surface area contributed by atoms with Crippen LogP contribution < -0.4 is 10.1 Å². The highest BCUT2D eigenvalue weighted by atomic mass is 35.5. The van der Waals surface area contributed by atoms with Crippen LogP contribution in [0.4, 0.5) is 0 Å². The molecule has 23 heavy (non-hydrogen) atoms. The number of rotatable bonds is 5. The third kappa shape index (κ3) is 5.15. The Morgan fingerprint density at radius 3 is 2.48 bits per heavy atom. The van der Waals surface area contributed by atoms with E-state index in [-0.39, 0.29) is 18.3 Å².